The van der Waals surface area contributed by atoms with Crippen molar-refractivity contribution in [2.45, 2.75) is 63.6 Å². The number of carbonyl (C=O) groups excluding carboxylic acids is 1. The number of nitrogens with zero attached hydrogens (tertiary/aromatic N) is 1. The van der Waals surface area contributed by atoms with Crippen LogP contribution in [0.5, 0.6) is 0 Å². The van der Waals surface area contributed by atoms with Gasteiger partial charge in [0.2, 0.25) is 0 Å². The number of nitrogens with one attached hydrogen (secondary N) is 1. The number of rotatable bonds is 4. The number of ether oxygens (including phenoxy) is 1. The summed E-state index contributed by atoms with van der Waals surface area (Å²) in [5, 5.41) is 3.54. The van der Waals surface area contributed by atoms with Crippen LogP contribution in [0.3, 0.4) is 0 Å². The average molecular weight is 254 g/mol. The Hall–Kier alpha value is -0.610. The van der Waals surface area contributed by atoms with Gasteiger partial charge in [0.05, 0.1) is 7.11 Å². The van der Waals surface area contributed by atoms with Crippen molar-refractivity contribution in [2.75, 3.05) is 20.2 Å². The van der Waals surface area contributed by atoms with Gasteiger partial charge in [0.25, 0.3) is 0 Å². The SMILES string of the molecule is CCC(C)NC1(C(=O)OC)CCN2CCCC2C1. The molecule has 0 aromatic carbocycles. The van der Waals surface area contributed by atoms with E-state index in [1.165, 1.54) is 26.5 Å². The molecule has 4 heteroatoms. The summed E-state index contributed by atoms with van der Waals surface area (Å²) in [6, 6.07) is 0.923. The third-order valence-electron chi connectivity index (χ3n) is 4.62. The van der Waals surface area contributed by atoms with Gasteiger partial charge in [-0.05, 0) is 45.6 Å². The van der Waals surface area contributed by atoms with Crippen molar-refractivity contribution in [2.24, 2.45) is 0 Å². The molecule has 0 radical (unpaired) electrons. The first-order valence-electron chi connectivity index (χ1n) is 7.21. The summed E-state index contributed by atoms with van der Waals surface area (Å²) in [6.45, 7) is 6.51. The van der Waals surface area contributed by atoms with Crippen molar-refractivity contribution in [1.29, 1.82) is 0 Å². The zero-order chi connectivity index (χ0) is 13.2. The van der Waals surface area contributed by atoms with Crippen molar-refractivity contribution in [1.82, 2.24) is 10.2 Å². The molecule has 2 aliphatic rings. The molecule has 0 aliphatic carbocycles. The molecule has 18 heavy (non-hydrogen) atoms. The van der Waals surface area contributed by atoms with E-state index in [4.69, 9.17) is 4.74 Å². The van der Waals surface area contributed by atoms with Gasteiger partial charge in [0, 0.05) is 18.6 Å². The molecule has 3 unspecified atom stereocenters. The lowest BCUT2D eigenvalue weighted by atomic mass is 9.82. The Morgan fingerprint density at radius 2 is 2.33 bits per heavy atom. The van der Waals surface area contributed by atoms with Crippen LogP contribution < -0.4 is 5.32 Å². The van der Waals surface area contributed by atoms with E-state index in [1.54, 1.807) is 0 Å². The third kappa shape index (κ3) is 2.54. The van der Waals surface area contributed by atoms with Gasteiger partial charge in [-0.25, -0.2) is 0 Å². The van der Waals surface area contributed by atoms with Crippen LogP contribution in [-0.2, 0) is 9.53 Å². The van der Waals surface area contributed by atoms with Crippen LogP contribution in [0.25, 0.3) is 0 Å². The predicted octanol–water partition coefficient (Wildman–Crippen LogP) is 1.54. The van der Waals surface area contributed by atoms with Gasteiger partial charge < -0.3 is 9.64 Å². The fraction of sp³-hybridized carbons (Fsp3) is 0.929. The van der Waals surface area contributed by atoms with E-state index in [2.05, 4.69) is 24.1 Å². The van der Waals surface area contributed by atoms with Crippen molar-refractivity contribution in [3.8, 4) is 0 Å². The average Bonchev–Trinajstić information content (AvgIpc) is 2.84. The maximum atomic E-state index is 12.2. The normalized spacial score (nSPS) is 34.1. The topological polar surface area (TPSA) is 41.6 Å². The number of fused-ring (bicyclic) bond motifs is 1. The fourth-order valence-corrected chi connectivity index (χ4v) is 3.40. The lowest BCUT2D eigenvalue weighted by Crippen LogP contribution is -2.62. The molecule has 2 aliphatic heterocycles. The molecule has 0 saturated carbocycles. The summed E-state index contributed by atoms with van der Waals surface area (Å²) in [6.07, 6.45) is 5.31. The van der Waals surface area contributed by atoms with E-state index in [0.29, 0.717) is 12.1 Å². The van der Waals surface area contributed by atoms with Crippen LogP contribution in [0.4, 0.5) is 0 Å². The first-order chi connectivity index (χ1) is 8.61. The minimum atomic E-state index is -0.449. The molecule has 0 aromatic rings. The minimum absolute atomic E-state index is 0.0747. The zero-order valence-corrected chi connectivity index (χ0v) is 11.9. The van der Waals surface area contributed by atoms with Crippen molar-refractivity contribution in [3.05, 3.63) is 0 Å². The number of hydrogen-bond acceptors (Lipinski definition) is 4. The highest BCUT2D eigenvalue weighted by molar-refractivity contribution is 5.81. The summed E-state index contributed by atoms with van der Waals surface area (Å²) in [7, 11) is 1.50. The zero-order valence-electron chi connectivity index (χ0n) is 11.9. The maximum absolute atomic E-state index is 12.2. The highest BCUT2D eigenvalue weighted by atomic mass is 16.5. The van der Waals surface area contributed by atoms with E-state index >= 15 is 0 Å². The fourth-order valence-electron chi connectivity index (χ4n) is 3.40. The number of hydrogen-bond donors (Lipinski definition) is 1. The van der Waals surface area contributed by atoms with Gasteiger partial charge in [-0.3, -0.25) is 10.1 Å². The highest BCUT2D eigenvalue weighted by Crippen LogP contribution is 2.34. The molecular weight excluding hydrogens is 228 g/mol. The van der Waals surface area contributed by atoms with Crippen LogP contribution in [0.15, 0.2) is 0 Å². The van der Waals surface area contributed by atoms with Crippen LogP contribution in [-0.4, -0.2) is 48.7 Å². The van der Waals surface area contributed by atoms with Crippen LogP contribution in [0.1, 0.15) is 46.0 Å². The predicted molar refractivity (Wildman–Crippen MR) is 71.5 cm³/mol. The first kappa shape index (κ1) is 13.8. The first-order valence-corrected chi connectivity index (χ1v) is 7.21. The molecule has 2 saturated heterocycles. The lowest BCUT2D eigenvalue weighted by Gasteiger charge is -2.44. The Morgan fingerprint density at radius 3 is 3.00 bits per heavy atom. The van der Waals surface area contributed by atoms with Crippen LogP contribution >= 0.6 is 0 Å². The molecular formula is C14H26N2O2. The van der Waals surface area contributed by atoms with Crippen molar-refractivity contribution < 1.29 is 9.53 Å². The molecule has 3 atom stereocenters. The van der Waals surface area contributed by atoms with Gasteiger partial charge >= 0.3 is 5.97 Å². The Morgan fingerprint density at radius 1 is 1.56 bits per heavy atom. The lowest BCUT2D eigenvalue weighted by molar-refractivity contribution is -0.152. The third-order valence-corrected chi connectivity index (χ3v) is 4.62. The monoisotopic (exact) mass is 254 g/mol. The minimum Gasteiger partial charge on any atom is -0.468 e. The van der Waals surface area contributed by atoms with Crippen LogP contribution in [0.2, 0.25) is 0 Å². The second kappa shape index (κ2) is 5.57. The second-order valence-electron chi connectivity index (χ2n) is 5.81. The summed E-state index contributed by atoms with van der Waals surface area (Å²) in [5.74, 6) is -0.0747. The molecule has 0 aromatic heterocycles. The van der Waals surface area contributed by atoms with E-state index < -0.39 is 5.54 Å². The standard InChI is InChI=1S/C14H26N2O2/c1-4-11(2)15-14(13(17)18-3)7-9-16-8-5-6-12(16)10-14/h11-12,15H,4-10H2,1-3H3. The summed E-state index contributed by atoms with van der Waals surface area (Å²) >= 11 is 0. The molecule has 1 N–H and O–H groups in total. The highest BCUT2D eigenvalue weighted by Gasteiger charge is 2.47. The maximum Gasteiger partial charge on any atom is 0.326 e. The summed E-state index contributed by atoms with van der Waals surface area (Å²) in [4.78, 5) is 14.8. The Bertz CT molecular complexity index is 308. The number of methoxy groups -OCH3 is 1. The van der Waals surface area contributed by atoms with E-state index in [-0.39, 0.29) is 5.97 Å². The molecule has 0 spiro atoms. The molecule has 0 bridgehead atoms. The molecule has 2 fully saturated rings. The smallest absolute Gasteiger partial charge is 0.326 e. The summed E-state index contributed by atoms with van der Waals surface area (Å²) < 4.78 is 5.07. The van der Waals surface area contributed by atoms with E-state index in [9.17, 15) is 4.79 Å². The quantitative estimate of drug-likeness (QED) is 0.773. The molecule has 4 nitrogen and oxygen atoms in total. The number of esters is 1. The summed E-state index contributed by atoms with van der Waals surface area (Å²) in [5.41, 5.74) is -0.449. The Balaban J connectivity index is 2.12. The van der Waals surface area contributed by atoms with Crippen molar-refractivity contribution in [3.63, 3.8) is 0 Å². The van der Waals surface area contributed by atoms with Gasteiger partial charge in [0.15, 0.2) is 0 Å². The molecule has 104 valence electrons. The van der Waals surface area contributed by atoms with Gasteiger partial charge in [-0.2, -0.15) is 0 Å². The van der Waals surface area contributed by atoms with Gasteiger partial charge in [0.1, 0.15) is 5.54 Å². The Labute approximate surface area is 110 Å². The number of piperidine rings is 1. The van der Waals surface area contributed by atoms with Crippen molar-refractivity contribution >= 4 is 5.97 Å². The van der Waals surface area contributed by atoms with Gasteiger partial charge in [-0.15, -0.1) is 0 Å². The molecule has 0 amide bonds. The van der Waals surface area contributed by atoms with E-state index in [1.807, 2.05) is 0 Å². The van der Waals surface area contributed by atoms with E-state index in [0.717, 1.165) is 25.8 Å². The largest absolute Gasteiger partial charge is 0.468 e. The Kier molecular flexibility index (Phi) is 4.28. The second-order valence-corrected chi connectivity index (χ2v) is 5.81. The molecule has 2 heterocycles. The number of carbonyl (C=O) groups is 1. The molecule has 2 rings (SSSR count). The van der Waals surface area contributed by atoms with Crippen LogP contribution in [0, 0.1) is 0 Å². The van der Waals surface area contributed by atoms with Gasteiger partial charge in [-0.1, -0.05) is 6.92 Å².